The van der Waals surface area contributed by atoms with Gasteiger partial charge in [-0.25, -0.2) is 4.39 Å². The fourth-order valence-corrected chi connectivity index (χ4v) is 5.16. The second-order valence-corrected chi connectivity index (χ2v) is 9.78. The molecular formula is C30H27FN4O2S. The van der Waals surface area contributed by atoms with Gasteiger partial charge in [0, 0.05) is 29.1 Å². The minimum Gasteiger partial charge on any atom is -0.353 e. The number of rotatable bonds is 8. The highest BCUT2D eigenvalue weighted by atomic mass is 32.2. The number of nitriles is 1. The monoisotopic (exact) mass is 526 g/mol. The van der Waals surface area contributed by atoms with Gasteiger partial charge in [0.1, 0.15) is 5.82 Å². The van der Waals surface area contributed by atoms with Crippen LogP contribution < -0.4 is 16.0 Å². The number of carbonyl (C=O) groups is 2. The SMILES string of the molecule is CC1=C(C(=O)Nc2ccccc2C)C(c2ccccc2F)C(C#N)=C(SCC(=O)NCc2ccccc2)N1. The van der Waals surface area contributed by atoms with Crippen molar-refractivity contribution in [2.24, 2.45) is 0 Å². The molecule has 1 heterocycles. The van der Waals surface area contributed by atoms with Crippen LogP contribution in [0.15, 0.2) is 101 Å². The molecule has 1 aliphatic heterocycles. The van der Waals surface area contributed by atoms with Crippen LogP contribution in [0.1, 0.15) is 29.5 Å². The molecule has 1 atom stereocenters. The van der Waals surface area contributed by atoms with Crippen LogP contribution in [0.2, 0.25) is 0 Å². The zero-order valence-electron chi connectivity index (χ0n) is 21.0. The summed E-state index contributed by atoms with van der Waals surface area (Å²) in [6.45, 7) is 3.98. The van der Waals surface area contributed by atoms with Crippen molar-refractivity contribution in [2.45, 2.75) is 26.3 Å². The van der Waals surface area contributed by atoms with E-state index in [9.17, 15) is 14.9 Å². The quantitative estimate of drug-likeness (QED) is 0.359. The smallest absolute Gasteiger partial charge is 0.254 e. The van der Waals surface area contributed by atoms with Gasteiger partial charge in [-0.15, -0.1) is 0 Å². The Bertz CT molecular complexity index is 1460. The number of halogens is 1. The highest BCUT2D eigenvalue weighted by molar-refractivity contribution is 8.03. The number of anilines is 1. The highest BCUT2D eigenvalue weighted by Gasteiger charge is 2.36. The van der Waals surface area contributed by atoms with Crippen molar-refractivity contribution < 1.29 is 14.0 Å². The zero-order chi connectivity index (χ0) is 27.1. The molecule has 0 radical (unpaired) electrons. The Labute approximate surface area is 225 Å². The van der Waals surface area contributed by atoms with Crippen LogP contribution in [0, 0.1) is 24.1 Å². The Balaban J connectivity index is 1.61. The van der Waals surface area contributed by atoms with Crippen LogP contribution in [0.3, 0.4) is 0 Å². The number of hydrogen-bond acceptors (Lipinski definition) is 5. The van der Waals surface area contributed by atoms with Gasteiger partial charge in [0.2, 0.25) is 5.91 Å². The van der Waals surface area contributed by atoms with E-state index in [0.717, 1.165) is 22.9 Å². The molecule has 0 saturated carbocycles. The molecule has 0 spiro atoms. The maximum atomic E-state index is 15.1. The zero-order valence-corrected chi connectivity index (χ0v) is 21.9. The first-order valence-electron chi connectivity index (χ1n) is 12.1. The number of para-hydroxylation sites is 1. The van der Waals surface area contributed by atoms with Crippen LogP contribution in [0.5, 0.6) is 0 Å². The predicted octanol–water partition coefficient (Wildman–Crippen LogP) is 5.52. The van der Waals surface area contributed by atoms with Gasteiger partial charge in [-0.3, -0.25) is 9.59 Å². The van der Waals surface area contributed by atoms with E-state index in [1.54, 1.807) is 31.2 Å². The number of benzene rings is 3. The molecular weight excluding hydrogens is 499 g/mol. The van der Waals surface area contributed by atoms with Crippen LogP contribution in [0.25, 0.3) is 0 Å². The molecule has 0 aromatic heterocycles. The third-order valence-electron chi connectivity index (χ3n) is 6.18. The van der Waals surface area contributed by atoms with Gasteiger partial charge in [0.15, 0.2) is 0 Å². The summed E-state index contributed by atoms with van der Waals surface area (Å²) in [6, 6.07) is 25.2. The van der Waals surface area contributed by atoms with Crippen molar-refractivity contribution in [3.05, 3.63) is 123 Å². The number of nitrogens with zero attached hydrogens (tertiary/aromatic N) is 1. The topological polar surface area (TPSA) is 94.0 Å². The lowest BCUT2D eigenvalue weighted by Crippen LogP contribution is -2.32. The molecule has 4 rings (SSSR count). The lowest BCUT2D eigenvalue weighted by molar-refractivity contribution is -0.118. The second kappa shape index (κ2) is 12.3. The lowest BCUT2D eigenvalue weighted by Gasteiger charge is -2.30. The molecule has 6 nitrogen and oxygen atoms in total. The lowest BCUT2D eigenvalue weighted by atomic mass is 9.82. The van der Waals surface area contributed by atoms with E-state index in [1.807, 2.05) is 55.5 Å². The van der Waals surface area contributed by atoms with E-state index in [-0.39, 0.29) is 28.4 Å². The average Bonchev–Trinajstić information content (AvgIpc) is 2.92. The maximum Gasteiger partial charge on any atom is 0.254 e. The molecule has 0 aliphatic carbocycles. The molecule has 8 heteroatoms. The third-order valence-corrected chi connectivity index (χ3v) is 7.20. The van der Waals surface area contributed by atoms with Crippen molar-refractivity contribution in [2.75, 3.05) is 11.1 Å². The molecule has 3 aromatic rings. The van der Waals surface area contributed by atoms with E-state index in [2.05, 4.69) is 22.0 Å². The average molecular weight is 527 g/mol. The van der Waals surface area contributed by atoms with Crippen molar-refractivity contribution in [1.82, 2.24) is 10.6 Å². The van der Waals surface area contributed by atoms with Gasteiger partial charge in [-0.2, -0.15) is 5.26 Å². The summed E-state index contributed by atoms with van der Waals surface area (Å²) in [5.74, 6) is -2.07. The second-order valence-electron chi connectivity index (χ2n) is 8.79. The Morgan fingerprint density at radius 1 is 1.00 bits per heavy atom. The van der Waals surface area contributed by atoms with E-state index in [1.165, 1.54) is 6.07 Å². The Morgan fingerprint density at radius 3 is 2.39 bits per heavy atom. The van der Waals surface area contributed by atoms with Crippen LogP contribution >= 0.6 is 11.8 Å². The number of amides is 2. The van der Waals surface area contributed by atoms with Crippen LogP contribution in [-0.2, 0) is 16.1 Å². The predicted molar refractivity (Wildman–Crippen MR) is 148 cm³/mol. The molecule has 1 aliphatic rings. The van der Waals surface area contributed by atoms with Gasteiger partial charge in [-0.05, 0) is 37.1 Å². The summed E-state index contributed by atoms with van der Waals surface area (Å²) in [6.07, 6.45) is 0. The van der Waals surface area contributed by atoms with E-state index in [0.29, 0.717) is 23.0 Å². The van der Waals surface area contributed by atoms with Crippen molar-refractivity contribution in [3.63, 3.8) is 0 Å². The summed E-state index contributed by atoms with van der Waals surface area (Å²) in [5.41, 5.74) is 3.59. The molecule has 0 saturated heterocycles. The first-order valence-corrected chi connectivity index (χ1v) is 13.0. The summed E-state index contributed by atoms with van der Waals surface area (Å²) in [5, 5.41) is 19.5. The Kier molecular flexibility index (Phi) is 8.62. The number of dihydropyridines is 1. The first kappa shape index (κ1) is 26.7. The molecule has 0 fully saturated rings. The molecule has 192 valence electrons. The van der Waals surface area contributed by atoms with E-state index < -0.39 is 17.6 Å². The van der Waals surface area contributed by atoms with Crippen molar-refractivity contribution in [1.29, 1.82) is 5.26 Å². The summed E-state index contributed by atoms with van der Waals surface area (Å²) in [4.78, 5) is 26.1. The third kappa shape index (κ3) is 6.13. The number of nitrogens with one attached hydrogen (secondary N) is 3. The molecule has 3 N–H and O–H groups in total. The van der Waals surface area contributed by atoms with Gasteiger partial charge in [-0.1, -0.05) is 78.5 Å². The van der Waals surface area contributed by atoms with Crippen LogP contribution in [-0.4, -0.2) is 17.6 Å². The van der Waals surface area contributed by atoms with Crippen molar-refractivity contribution in [3.8, 4) is 6.07 Å². The molecule has 3 aromatic carbocycles. The largest absolute Gasteiger partial charge is 0.353 e. The maximum absolute atomic E-state index is 15.1. The summed E-state index contributed by atoms with van der Waals surface area (Å²) >= 11 is 1.15. The highest BCUT2D eigenvalue weighted by Crippen LogP contribution is 2.41. The van der Waals surface area contributed by atoms with Crippen molar-refractivity contribution >= 4 is 29.3 Å². The number of allylic oxidation sites excluding steroid dienone is 2. The van der Waals surface area contributed by atoms with E-state index in [4.69, 9.17) is 0 Å². The Morgan fingerprint density at radius 2 is 1.68 bits per heavy atom. The fraction of sp³-hybridized carbons (Fsp3) is 0.167. The number of hydrogen-bond donors (Lipinski definition) is 3. The van der Waals surface area contributed by atoms with Crippen LogP contribution in [0.4, 0.5) is 10.1 Å². The van der Waals surface area contributed by atoms with E-state index >= 15 is 4.39 Å². The standard InChI is InChI=1S/C30H27FN4O2S/c1-19-10-6-9-15-25(19)35-29(37)27-20(2)34-30(23(16-32)28(27)22-13-7-8-14-24(22)31)38-18-26(36)33-17-21-11-4-3-5-12-21/h3-15,28,34H,17-18H2,1-2H3,(H,33,36)(H,35,37). The number of thioether (sulfide) groups is 1. The summed E-state index contributed by atoms with van der Waals surface area (Å²) < 4.78 is 15.1. The molecule has 38 heavy (non-hydrogen) atoms. The minimum absolute atomic E-state index is 0.0440. The fourth-order valence-electron chi connectivity index (χ4n) is 4.24. The minimum atomic E-state index is -0.943. The number of aryl methyl sites for hydroxylation is 1. The number of carbonyl (C=O) groups excluding carboxylic acids is 2. The first-order chi connectivity index (χ1) is 18.4. The Hall–Kier alpha value is -4.35. The summed E-state index contributed by atoms with van der Waals surface area (Å²) in [7, 11) is 0. The molecule has 1 unspecified atom stereocenters. The van der Waals surface area contributed by atoms with Gasteiger partial charge >= 0.3 is 0 Å². The van der Waals surface area contributed by atoms with Gasteiger partial charge < -0.3 is 16.0 Å². The normalized spacial score (nSPS) is 14.9. The molecule has 0 bridgehead atoms. The molecule has 2 amide bonds. The van der Waals surface area contributed by atoms with Gasteiger partial charge in [0.05, 0.1) is 28.3 Å². The van der Waals surface area contributed by atoms with Gasteiger partial charge in [0.25, 0.3) is 5.91 Å².